The van der Waals surface area contributed by atoms with E-state index in [1.165, 1.54) is 36.8 Å². The molecule has 1 aromatic carbocycles. The van der Waals surface area contributed by atoms with Crippen molar-refractivity contribution in [1.29, 1.82) is 0 Å². The molecule has 2 atom stereocenters. The third-order valence-electron chi connectivity index (χ3n) is 4.36. The highest BCUT2D eigenvalue weighted by atomic mass is 15.1. The number of rotatable bonds is 3. The number of aliphatic imine (C=N–C) groups is 1. The fourth-order valence-electron chi connectivity index (χ4n) is 3.13. The molecule has 0 bridgehead atoms. The molecule has 102 valence electrons. The molecule has 1 aromatic rings. The van der Waals surface area contributed by atoms with Crippen LogP contribution in [0.3, 0.4) is 0 Å². The van der Waals surface area contributed by atoms with Gasteiger partial charge in [0.1, 0.15) is 0 Å². The van der Waals surface area contributed by atoms with Crippen molar-refractivity contribution in [3.63, 3.8) is 0 Å². The number of aryl methyl sites for hydroxylation is 2. The van der Waals surface area contributed by atoms with Gasteiger partial charge in [0, 0.05) is 5.69 Å². The summed E-state index contributed by atoms with van der Waals surface area (Å²) in [5.74, 6) is 2.31. The number of nitrogens with two attached hydrogens (primary N) is 1. The average molecular weight is 257 g/mol. The SMILES string of the molecule is Cc1cc(C)cc(NC(N)=N[C@@H]2C[C@H]2C2CCC2)c1. The van der Waals surface area contributed by atoms with Gasteiger partial charge < -0.3 is 11.1 Å². The highest BCUT2D eigenvalue weighted by Crippen LogP contribution is 2.48. The number of nitrogens with zero attached hydrogens (tertiary/aromatic N) is 1. The number of hydrogen-bond donors (Lipinski definition) is 2. The lowest BCUT2D eigenvalue weighted by Gasteiger charge is -2.25. The van der Waals surface area contributed by atoms with Crippen molar-refractivity contribution in [2.45, 2.75) is 45.6 Å². The molecule has 0 aliphatic heterocycles. The van der Waals surface area contributed by atoms with E-state index in [9.17, 15) is 0 Å². The quantitative estimate of drug-likeness (QED) is 0.645. The van der Waals surface area contributed by atoms with E-state index in [1.807, 2.05) is 0 Å². The van der Waals surface area contributed by atoms with Gasteiger partial charge in [0.2, 0.25) is 0 Å². The van der Waals surface area contributed by atoms with E-state index >= 15 is 0 Å². The minimum Gasteiger partial charge on any atom is -0.370 e. The Morgan fingerprint density at radius 2 is 1.89 bits per heavy atom. The van der Waals surface area contributed by atoms with E-state index in [4.69, 9.17) is 5.73 Å². The van der Waals surface area contributed by atoms with E-state index in [0.29, 0.717) is 12.0 Å². The molecule has 2 saturated carbocycles. The summed E-state index contributed by atoms with van der Waals surface area (Å²) in [6.45, 7) is 4.19. The Bertz CT molecular complexity index is 482. The van der Waals surface area contributed by atoms with Gasteiger partial charge in [-0.2, -0.15) is 0 Å². The molecule has 0 heterocycles. The van der Waals surface area contributed by atoms with Gasteiger partial charge >= 0.3 is 0 Å². The molecular weight excluding hydrogens is 234 g/mol. The largest absolute Gasteiger partial charge is 0.370 e. The minimum atomic E-state index is 0.476. The Morgan fingerprint density at radius 3 is 2.47 bits per heavy atom. The highest BCUT2D eigenvalue weighted by Gasteiger charge is 2.45. The number of benzene rings is 1. The molecule has 0 unspecified atom stereocenters. The smallest absolute Gasteiger partial charge is 0.193 e. The fourth-order valence-corrected chi connectivity index (χ4v) is 3.13. The predicted molar refractivity (Wildman–Crippen MR) is 80.4 cm³/mol. The van der Waals surface area contributed by atoms with Gasteiger partial charge in [0.25, 0.3) is 0 Å². The van der Waals surface area contributed by atoms with Crippen molar-refractivity contribution in [1.82, 2.24) is 0 Å². The van der Waals surface area contributed by atoms with Crippen LogP contribution in [-0.4, -0.2) is 12.0 Å². The van der Waals surface area contributed by atoms with Crippen LogP contribution in [0.5, 0.6) is 0 Å². The van der Waals surface area contributed by atoms with Crippen LogP contribution in [0.4, 0.5) is 5.69 Å². The Kier molecular flexibility index (Phi) is 3.21. The van der Waals surface area contributed by atoms with Crippen LogP contribution in [0.1, 0.15) is 36.8 Å². The van der Waals surface area contributed by atoms with E-state index in [1.54, 1.807) is 0 Å². The molecule has 3 heteroatoms. The topological polar surface area (TPSA) is 50.4 Å². The molecule has 3 nitrogen and oxygen atoms in total. The monoisotopic (exact) mass is 257 g/mol. The molecule has 0 saturated heterocycles. The third kappa shape index (κ3) is 2.91. The van der Waals surface area contributed by atoms with E-state index in [2.05, 4.69) is 42.4 Å². The van der Waals surface area contributed by atoms with Gasteiger partial charge in [-0.3, -0.25) is 0 Å². The summed E-state index contributed by atoms with van der Waals surface area (Å²) in [6, 6.07) is 6.84. The van der Waals surface area contributed by atoms with Gasteiger partial charge in [-0.05, 0) is 55.4 Å². The first kappa shape index (κ1) is 12.5. The first-order valence-electron chi connectivity index (χ1n) is 7.30. The molecule has 2 fully saturated rings. The number of guanidine groups is 1. The average Bonchev–Trinajstić information content (AvgIpc) is 2.91. The minimum absolute atomic E-state index is 0.476. The summed E-state index contributed by atoms with van der Waals surface area (Å²) in [4.78, 5) is 4.61. The Balaban J connectivity index is 1.60. The molecule has 19 heavy (non-hydrogen) atoms. The molecule has 0 radical (unpaired) electrons. The molecular formula is C16H23N3. The molecule has 2 aliphatic carbocycles. The molecule has 0 amide bonds. The highest BCUT2D eigenvalue weighted by molar-refractivity contribution is 5.92. The maximum absolute atomic E-state index is 6.01. The lowest BCUT2D eigenvalue weighted by Crippen LogP contribution is -2.24. The van der Waals surface area contributed by atoms with Crippen molar-refractivity contribution in [2.75, 3.05) is 5.32 Å². The standard InChI is InChI=1S/C16H23N3/c1-10-6-11(2)8-13(7-10)18-16(17)19-15-9-14(15)12-4-3-5-12/h6-8,12,14-15H,3-5,9H2,1-2H3,(H3,17,18,19)/t14-,15+/m0/s1. The van der Waals surface area contributed by atoms with Gasteiger partial charge in [-0.15, -0.1) is 0 Å². The zero-order valence-electron chi connectivity index (χ0n) is 11.8. The number of nitrogens with one attached hydrogen (secondary N) is 1. The van der Waals surface area contributed by atoms with Crippen molar-refractivity contribution in [2.24, 2.45) is 22.6 Å². The van der Waals surface area contributed by atoms with Crippen LogP contribution in [0, 0.1) is 25.7 Å². The zero-order valence-corrected chi connectivity index (χ0v) is 11.8. The van der Waals surface area contributed by atoms with Crippen LogP contribution in [0.25, 0.3) is 0 Å². The Hall–Kier alpha value is -1.51. The van der Waals surface area contributed by atoms with E-state index < -0.39 is 0 Å². The molecule has 2 aliphatic rings. The normalized spacial score (nSPS) is 26.9. The molecule has 0 spiro atoms. The molecule has 3 N–H and O–H groups in total. The first-order chi connectivity index (χ1) is 9.11. The molecule has 0 aromatic heterocycles. The Labute approximate surface area is 115 Å². The van der Waals surface area contributed by atoms with Crippen LogP contribution in [-0.2, 0) is 0 Å². The predicted octanol–water partition coefficient (Wildman–Crippen LogP) is 3.22. The second-order valence-electron chi connectivity index (χ2n) is 6.17. The molecule has 3 rings (SSSR count). The maximum Gasteiger partial charge on any atom is 0.193 e. The van der Waals surface area contributed by atoms with Crippen molar-refractivity contribution >= 4 is 11.6 Å². The third-order valence-corrected chi connectivity index (χ3v) is 4.36. The fraction of sp³-hybridized carbons (Fsp3) is 0.562. The second kappa shape index (κ2) is 4.87. The van der Waals surface area contributed by atoms with Crippen LogP contribution in [0.15, 0.2) is 23.2 Å². The van der Waals surface area contributed by atoms with Gasteiger partial charge in [-0.1, -0.05) is 25.3 Å². The van der Waals surface area contributed by atoms with Gasteiger partial charge in [0.15, 0.2) is 5.96 Å². The van der Waals surface area contributed by atoms with E-state index in [-0.39, 0.29) is 0 Å². The lowest BCUT2D eigenvalue weighted by molar-refractivity contribution is 0.274. The van der Waals surface area contributed by atoms with Crippen molar-refractivity contribution < 1.29 is 0 Å². The zero-order chi connectivity index (χ0) is 13.4. The second-order valence-corrected chi connectivity index (χ2v) is 6.17. The van der Waals surface area contributed by atoms with Gasteiger partial charge in [-0.25, -0.2) is 4.99 Å². The number of anilines is 1. The summed E-state index contributed by atoms with van der Waals surface area (Å²) in [6.07, 6.45) is 5.45. The van der Waals surface area contributed by atoms with Crippen molar-refractivity contribution in [3.05, 3.63) is 29.3 Å². The lowest BCUT2D eigenvalue weighted by atomic mass is 9.81. The summed E-state index contributed by atoms with van der Waals surface area (Å²) >= 11 is 0. The Morgan fingerprint density at radius 1 is 1.21 bits per heavy atom. The van der Waals surface area contributed by atoms with Crippen LogP contribution < -0.4 is 11.1 Å². The number of hydrogen-bond acceptors (Lipinski definition) is 1. The maximum atomic E-state index is 6.01. The summed E-state index contributed by atoms with van der Waals surface area (Å²) in [5, 5.41) is 3.22. The van der Waals surface area contributed by atoms with Gasteiger partial charge in [0.05, 0.1) is 6.04 Å². The summed E-state index contributed by atoms with van der Waals surface area (Å²) < 4.78 is 0. The van der Waals surface area contributed by atoms with Crippen molar-refractivity contribution in [3.8, 4) is 0 Å². The summed E-state index contributed by atoms with van der Waals surface area (Å²) in [7, 11) is 0. The van der Waals surface area contributed by atoms with Crippen LogP contribution >= 0.6 is 0 Å². The summed E-state index contributed by atoms with van der Waals surface area (Å²) in [5.41, 5.74) is 9.54. The first-order valence-corrected chi connectivity index (χ1v) is 7.30. The van der Waals surface area contributed by atoms with E-state index in [0.717, 1.165) is 17.5 Å². The van der Waals surface area contributed by atoms with Crippen LogP contribution in [0.2, 0.25) is 0 Å².